The van der Waals surface area contributed by atoms with Gasteiger partial charge in [-0.3, -0.25) is 4.79 Å². The largest absolute Gasteiger partial charge is 0.481 e. The summed E-state index contributed by atoms with van der Waals surface area (Å²) in [7, 11) is 0. The Kier molecular flexibility index (Phi) is 5.07. The summed E-state index contributed by atoms with van der Waals surface area (Å²) in [6.07, 6.45) is 0.128. The molecular formula is C21H21NO4. The van der Waals surface area contributed by atoms with Gasteiger partial charge in [0, 0.05) is 23.2 Å². The van der Waals surface area contributed by atoms with Crippen LogP contribution in [0.3, 0.4) is 0 Å². The van der Waals surface area contributed by atoms with Crippen molar-refractivity contribution in [3.8, 4) is 5.75 Å². The molecule has 0 radical (unpaired) electrons. The quantitative estimate of drug-likeness (QED) is 0.704. The summed E-state index contributed by atoms with van der Waals surface area (Å²) >= 11 is 0. The lowest BCUT2D eigenvalue weighted by molar-refractivity contribution is -0.122. The molecule has 0 saturated heterocycles. The molecule has 0 aliphatic carbocycles. The van der Waals surface area contributed by atoms with E-state index in [0.29, 0.717) is 11.3 Å². The van der Waals surface area contributed by atoms with E-state index in [2.05, 4.69) is 5.32 Å². The number of carbonyl (C=O) groups excluding carboxylic acids is 1. The fourth-order valence-electron chi connectivity index (χ4n) is 2.82. The zero-order chi connectivity index (χ0) is 18.7. The second kappa shape index (κ2) is 7.44. The number of nitrogens with one attached hydrogen (secondary N) is 1. The van der Waals surface area contributed by atoms with Gasteiger partial charge in [-0.15, -0.1) is 0 Å². The average Bonchev–Trinajstić information content (AvgIpc) is 2.61. The second-order valence-electron chi connectivity index (χ2n) is 6.17. The van der Waals surface area contributed by atoms with Crippen molar-refractivity contribution >= 4 is 22.6 Å². The minimum atomic E-state index is -0.700. The van der Waals surface area contributed by atoms with E-state index in [0.717, 1.165) is 28.6 Å². The molecule has 1 atom stereocenters. The van der Waals surface area contributed by atoms with Crippen LogP contribution in [0.5, 0.6) is 5.75 Å². The molecule has 1 aromatic heterocycles. The first-order chi connectivity index (χ1) is 12.5. The summed E-state index contributed by atoms with van der Waals surface area (Å²) in [5, 5.41) is 3.74. The zero-order valence-corrected chi connectivity index (χ0v) is 15.0. The summed E-state index contributed by atoms with van der Waals surface area (Å²) in [5.74, 6) is 0.231. The number of carbonyl (C=O) groups is 1. The lowest BCUT2D eigenvalue weighted by Gasteiger charge is -2.16. The van der Waals surface area contributed by atoms with Crippen LogP contribution in [-0.2, 0) is 11.2 Å². The standard InChI is InChI=1S/C21H21NO4/c1-4-15-7-5-6-8-18(15)22-21(24)14(3)25-16-9-10-17-13(2)11-20(23)26-19(17)12-16/h5-12,14H,4H2,1-3H3,(H,22,24). The maximum atomic E-state index is 12.4. The Morgan fingerprint density at radius 3 is 2.73 bits per heavy atom. The fourth-order valence-corrected chi connectivity index (χ4v) is 2.82. The molecule has 1 heterocycles. The summed E-state index contributed by atoms with van der Waals surface area (Å²) in [4.78, 5) is 24.0. The number of anilines is 1. The highest BCUT2D eigenvalue weighted by Crippen LogP contribution is 2.23. The SMILES string of the molecule is CCc1ccccc1NC(=O)C(C)Oc1ccc2c(C)cc(=O)oc2c1. The van der Waals surface area contributed by atoms with E-state index in [9.17, 15) is 9.59 Å². The van der Waals surface area contributed by atoms with Crippen molar-refractivity contribution in [1.82, 2.24) is 0 Å². The minimum Gasteiger partial charge on any atom is -0.481 e. The Morgan fingerprint density at radius 2 is 1.96 bits per heavy atom. The molecule has 1 N–H and O–H groups in total. The summed E-state index contributed by atoms with van der Waals surface area (Å²) in [5.41, 5.74) is 2.72. The molecule has 2 aromatic carbocycles. The van der Waals surface area contributed by atoms with E-state index in [1.54, 1.807) is 19.1 Å². The molecule has 1 unspecified atom stereocenters. The molecule has 5 nitrogen and oxygen atoms in total. The summed E-state index contributed by atoms with van der Waals surface area (Å²) in [6.45, 7) is 5.57. The molecule has 5 heteroatoms. The second-order valence-corrected chi connectivity index (χ2v) is 6.17. The molecule has 0 bridgehead atoms. The van der Waals surface area contributed by atoms with Crippen LogP contribution in [0.15, 0.2) is 57.7 Å². The number of amides is 1. The Hall–Kier alpha value is -3.08. The van der Waals surface area contributed by atoms with Gasteiger partial charge in [-0.1, -0.05) is 25.1 Å². The Balaban J connectivity index is 1.76. The van der Waals surface area contributed by atoms with Crippen molar-refractivity contribution in [1.29, 1.82) is 0 Å². The lowest BCUT2D eigenvalue weighted by atomic mass is 10.1. The van der Waals surface area contributed by atoms with E-state index in [1.165, 1.54) is 6.07 Å². The van der Waals surface area contributed by atoms with Crippen molar-refractivity contribution in [3.63, 3.8) is 0 Å². The number of para-hydroxylation sites is 1. The molecule has 0 spiro atoms. The van der Waals surface area contributed by atoms with Crippen molar-refractivity contribution < 1.29 is 13.9 Å². The fraction of sp³-hybridized carbons (Fsp3) is 0.238. The third-order valence-corrected chi connectivity index (χ3v) is 4.26. The van der Waals surface area contributed by atoms with E-state index in [-0.39, 0.29) is 5.91 Å². The normalized spacial score (nSPS) is 12.0. The number of aryl methyl sites for hydroxylation is 2. The van der Waals surface area contributed by atoms with Gasteiger partial charge in [0.2, 0.25) is 0 Å². The van der Waals surface area contributed by atoms with Crippen molar-refractivity contribution in [2.45, 2.75) is 33.3 Å². The minimum absolute atomic E-state index is 0.239. The highest BCUT2D eigenvalue weighted by atomic mass is 16.5. The molecule has 0 saturated carbocycles. The zero-order valence-electron chi connectivity index (χ0n) is 15.0. The van der Waals surface area contributed by atoms with Gasteiger partial charge in [0.15, 0.2) is 6.10 Å². The number of ether oxygens (including phenoxy) is 1. The smallest absolute Gasteiger partial charge is 0.336 e. The highest BCUT2D eigenvalue weighted by Gasteiger charge is 2.16. The molecule has 0 aliphatic heterocycles. The molecule has 1 amide bonds. The van der Waals surface area contributed by atoms with Crippen LogP contribution in [0, 0.1) is 6.92 Å². The predicted molar refractivity (Wildman–Crippen MR) is 102 cm³/mol. The van der Waals surface area contributed by atoms with Crippen LogP contribution in [-0.4, -0.2) is 12.0 Å². The lowest BCUT2D eigenvalue weighted by Crippen LogP contribution is -2.30. The first kappa shape index (κ1) is 17.7. The highest BCUT2D eigenvalue weighted by molar-refractivity contribution is 5.94. The molecular weight excluding hydrogens is 330 g/mol. The van der Waals surface area contributed by atoms with Crippen LogP contribution >= 0.6 is 0 Å². The van der Waals surface area contributed by atoms with Gasteiger partial charge in [-0.05, 0) is 49.6 Å². The topological polar surface area (TPSA) is 68.5 Å². The monoisotopic (exact) mass is 351 g/mol. The van der Waals surface area contributed by atoms with Crippen LogP contribution in [0.1, 0.15) is 25.0 Å². The number of benzene rings is 2. The van der Waals surface area contributed by atoms with E-state index in [1.807, 2.05) is 44.2 Å². The van der Waals surface area contributed by atoms with E-state index in [4.69, 9.17) is 9.15 Å². The molecule has 0 aliphatic rings. The third-order valence-electron chi connectivity index (χ3n) is 4.26. The number of fused-ring (bicyclic) bond motifs is 1. The Labute approximate surface area is 151 Å². The van der Waals surface area contributed by atoms with Gasteiger partial charge in [0.25, 0.3) is 5.91 Å². The van der Waals surface area contributed by atoms with Crippen LogP contribution in [0.2, 0.25) is 0 Å². The van der Waals surface area contributed by atoms with Gasteiger partial charge in [-0.2, -0.15) is 0 Å². The molecule has 134 valence electrons. The van der Waals surface area contributed by atoms with E-state index >= 15 is 0 Å². The van der Waals surface area contributed by atoms with Gasteiger partial charge >= 0.3 is 5.63 Å². The molecule has 0 fully saturated rings. The first-order valence-corrected chi connectivity index (χ1v) is 8.58. The third kappa shape index (κ3) is 3.77. The van der Waals surface area contributed by atoms with Gasteiger partial charge in [0.1, 0.15) is 11.3 Å². The average molecular weight is 351 g/mol. The summed E-state index contributed by atoms with van der Waals surface area (Å²) < 4.78 is 11.0. The number of hydrogen-bond acceptors (Lipinski definition) is 4. The van der Waals surface area contributed by atoms with Crippen molar-refractivity contribution in [3.05, 3.63) is 70.1 Å². The molecule has 3 aromatic rings. The Morgan fingerprint density at radius 1 is 1.19 bits per heavy atom. The first-order valence-electron chi connectivity index (χ1n) is 8.58. The number of rotatable bonds is 5. The van der Waals surface area contributed by atoms with Gasteiger partial charge in [0.05, 0.1) is 0 Å². The number of hydrogen-bond donors (Lipinski definition) is 1. The predicted octanol–water partition coefficient (Wildman–Crippen LogP) is 4.07. The molecule has 3 rings (SSSR count). The van der Waals surface area contributed by atoms with Crippen molar-refractivity contribution in [2.75, 3.05) is 5.32 Å². The van der Waals surface area contributed by atoms with Crippen LogP contribution in [0.4, 0.5) is 5.69 Å². The Bertz CT molecular complexity index is 1010. The van der Waals surface area contributed by atoms with Crippen molar-refractivity contribution in [2.24, 2.45) is 0 Å². The summed E-state index contributed by atoms with van der Waals surface area (Å²) in [6, 6.07) is 14.3. The van der Waals surface area contributed by atoms with Gasteiger partial charge in [-0.25, -0.2) is 4.79 Å². The molecule has 26 heavy (non-hydrogen) atoms. The van der Waals surface area contributed by atoms with Gasteiger partial charge < -0.3 is 14.5 Å². The van der Waals surface area contributed by atoms with E-state index < -0.39 is 11.7 Å². The maximum Gasteiger partial charge on any atom is 0.336 e. The van der Waals surface area contributed by atoms with Crippen LogP contribution in [0.25, 0.3) is 11.0 Å². The maximum absolute atomic E-state index is 12.4. The van der Waals surface area contributed by atoms with Crippen LogP contribution < -0.4 is 15.7 Å².